The molecule has 0 saturated carbocycles. The molecular formula is C21H25NO4S. The van der Waals surface area contributed by atoms with Gasteiger partial charge in [0.2, 0.25) is 10.0 Å². The molecule has 0 atom stereocenters. The summed E-state index contributed by atoms with van der Waals surface area (Å²) in [6.07, 6.45) is 2.80. The van der Waals surface area contributed by atoms with E-state index in [1.54, 1.807) is 12.1 Å². The molecule has 1 heterocycles. The quantitative estimate of drug-likeness (QED) is 0.732. The fraction of sp³-hybridized carbons (Fsp3) is 0.381. The van der Waals surface area contributed by atoms with Crippen LogP contribution < -0.4 is 0 Å². The van der Waals surface area contributed by atoms with Crippen LogP contribution in [0.2, 0.25) is 0 Å². The minimum Gasteiger partial charge on any atom is -0.457 e. The Morgan fingerprint density at radius 2 is 1.78 bits per heavy atom. The van der Waals surface area contributed by atoms with Crippen molar-refractivity contribution >= 4 is 16.0 Å². The van der Waals surface area contributed by atoms with E-state index in [9.17, 15) is 13.2 Å². The molecule has 1 aliphatic rings. The van der Waals surface area contributed by atoms with Crippen LogP contribution in [0.4, 0.5) is 0 Å². The van der Waals surface area contributed by atoms with E-state index in [1.807, 2.05) is 32.0 Å². The van der Waals surface area contributed by atoms with E-state index in [-0.39, 0.29) is 17.1 Å². The lowest BCUT2D eigenvalue weighted by atomic mass is 10.1. The van der Waals surface area contributed by atoms with Gasteiger partial charge in [-0.3, -0.25) is 0 Å². The highest BCUT2D eigenvalue weighted by atomic mass is 32.2. The third-order valence-corrected chi connectivity index (χ3v) is 6.78. The van der Waals surface area contributed by atoms with Crippen molar-refractivity contribution in [2.24, 2.45) is 0 Å². The predicted molar refractivity (Wildman–Crippen MR) is 104 cm³/mol. The maximum absolute atomic E-state index is 12.8. The van der Waals surface area contributed by atoms with E-state index in [0.717, 1.165) is 36.0 Å². The van der Waals surface area contributed by atoms with E-state index >= 15 is 0 Å². The molecule has 0 aliphatic carbocycles. The van der Waals surface area contributed by atoms with Crippen molar-refractivity contribution in [3.05, 3.63) is 64.7 Å². The van der Waals surface area contributed by atoms with Gasteiger partial charge in [-0.25, -0.2) is 13.2 Å². The van der Waals surface area contributed by atoms with Gasteiger partial charge in [-0.1, -0.05) is 36.2 Å². The number of aryl methyl sites for hydroxylation is 2. The molecule has 144 valence electrons. The summed E-state index contributed by atoms with van der Waals surface area (Å²) in [6, 6.07) is 12.1. The summed E-state index contributed by atoms with van der Waals surface area (Å²) in [5.74, 6) is -0.522. The van der Waals surface area contributed by atoms with E-state index in [4.69, 9.17) is 4.74 Å². The van der Waals surface area contributed by atoms with Crippen molar-refractivity contribution in [2.75, 3.05) is 13.1 Å². The molecule has 0 bridgehead atoms. The minimum absolute atomic E-state index is 0.144. The fourth-order valence-electron chi connectivity index (χ4n) is 3.22. The van der Waals surface area contributed by atoms with Gasteiger partial charge in [0, 0.05) is 13.1 Å². The summed E-state index contributed by atoms with van der Waals surface area (Å²) in [7, 11) is -3.57. The second-order valence-electron chi connectivity index (χ2n) is 7.00. The maximum atomic E-state index is 12.8. The van der Waals surface area contributed by atoms with Crippen molar-refractivity contribution in [1.82, 2.24) is 4.31 Å². The number of carbonyl (C=O) groups excluding carboxylic acids is 1. The molecule has 5 nitrogen and oxygen atoms in total. The maximum Gasteiger partial charge on any atom is 0.338 e. The fourth-order valence-corrected chi connectivity index (χ4v) is 4.78. The Morgan fingerprint density at radius 1 is 1.04 bits per heavy atom. The van der Waals surface area contributed by atoms with Crippen molar-refractivity contribution in [3.63, 3.8) is 0 Å². The lowest BCUT2D eigenvalue weighted by Crippen LogP contribution is -2.35. The second kappa shape index (κ2) is 8.23. The number of sulfonamides is 1. The molecule has 0 amide bonds. The van der Waals surface area contributed by atoms with Gasteiger partial charge in [0.15, 0.2) is 0 Å². The average molecular weight is 388 g/mol. The summed E-state index contributed by atoms with van der Waals surface area (Å²) >= 11 is 0. The average Bonchev–Trinajstić information content (AvgIpc) is 2.69. The SMILES string of the molecule is Cc1ccc(C)c(COC(=O)c2cccc(S(=O)(=O)N3CCCCC3)c2)c1. The van der Waals surface area contributed by atoms with Crippen LogP contribution >= 0.6 is 0 Å². The molecule has 6 heteroatoms. The van der Waals surface area contributed by atoms with Crippen LogP contribution in [0, 0.1) is 13.8 Å². The van der Waals surface area contributed by atoms with Crippen LogP contribution in [0.5, 0.6) is 0 Å². The van der Waals surface area contributed by atoms with E-state index in [1.165, 1.54) is 16.4 Å². The number of esters is 1. The first-order chi connectivity index (χ1) is 12.9. The van der Waals surface area contributed by atoms with Crippen molar-refractivity contribution in [1.29, 1.82) is 0 Å². The molecule has 1 aliphatic heterocycles. The zero-order chi connectivity index (χ0) is 19.4. The summed E-state index contributed by atoms with van der Waals surface area (Å²) < 4.78 is 32.5. The van der Waals surface area contributed by atoms with Crippen molar-refractivity contribution in [3.8, 4) is 0 Å². The zero-order valence-electron chi connectivity index (χ0n) is 15.8. The third-order valence-electron chi connectivity index (χ3n) is 4.89. The number of rotatable bonds is 5. The Kier molecular flexibility index (Phi) is 5.97. The van der Waals surface area contributed by atoms with Gasteiger partial charge >= 0.3 is 5.97 Å². The van der Waals surface area contributed by atoms with Crippen LogP contribution in [0.15, 0.2) is 47.4 Å². The molecule has 2 aromatic carbocycles. The van der Waals surface area contributed by atoms with Crippen LogP contribution in [-0.2, 0) is 21.4 Å². The largest absolute Gasteiger partial charge is 0.457 e. The lowest BCUT2D eigenvalue weighted by Gasteiger charge is -2.25. The molecule has 27 heavy (non-hydrogen) atoms. The second-order valence-corrected chi connectivity index (χ2v) is 8.94. The number of hydrogen-bond acceptors (Lipinski definition) is 4. The number of hydrogen-bond donors (Lipinski definition) is 0. The van der Waals surface area contributed by atoms with Gasteiger partial charge in [0.1, 0.15) is 6.61 Å². The number of nitrogens with zero attached hydrogens (tertiary/aromatic N) is 1. The Morgan fingerprint density at radius 3 is 2.52 bits per heavy atom. The summed E-state index contributed by atoms with van der Waals surface area (Å²) in [4.78, 5) is 12.6. The number of piperidine rings is 1. The van der Waals surface area contributed by atoms with Gasteiger partial charge in [-0.15, -0.1) is 0 Å². The summed E-state index contributed by atoms with van der Waals surface area (Å²) in [5, 5.41) is 0. The Hall–Kier alpha value is -2.18. The van der Waals surface area contributed by atoms with Crippen molar-refractivity contribution in [2.45, 2.75) is 44.6 Å². The number of carbonyl (C=O) groups is 1. The molecule has 0 aromatic heterocycles. The van der Waals surface area contributed by atoms with Crippen LogP contribution in [0.3, 0.4) is 0 Å². The van der Waals surface area contributed by atoms with Crippen LogP contribution in [-0.4, -0.2) is 31.8 Å². The molecule has 1 saturated heterocycles. The Labute approximate surface area is 161 Å². The highest BCUT2D eigenvalue weighted by Crippen LogP contribution is 2.22. The first kappa shape index (κ1) is 19.6. The third kappa shape index (κ3) is 4.57. The molecule has 0 N–H and O–H groups in total. The van der Waals surface area contributed by atoms with Gasteiger partial charge in [0.25, 0.3) is 0 Å². The van der Waals surface area contributed by atoms with Gasteiger partial charge in [-0.2, -0.15) is 4.31 Å². The molecule has 3 rings (SSSR count). The standard InChI is InChI=1S/C21H25NO4S/c1-16-9-10-17(2)19(13-16)15-26-21(23)18-7-6-8-20(14-18)27(24,25)22-11-4-3-5-12-22/h6-10,13-14H,3-5,11-12,15H2,1-2H3. The molecule has 0 radical (unpaired) electrons. The highest BCUT2D eigenvalue weighted by molar-refractivity contribution is 7.89. The monoisotopic (exact) mass is 387 g/mol. The molecule has 1 fully saturated rings. The Bertz CT molecular complexity index is 931. The summed E-state index contributed by atoms with van der Waals surface area (Å²) in [5.41, 5.74) is 3.34. The van der Waals surface area contributed by atoms with Crippen molar-refractivity contribution < 1.29 is 17.9 Å². The smallest absolute Gasteiger partial charge is 0.338 e. The molecular weight excluding hydrogens is 362 g/mol. The van der Waals surface area contributed by atoms with Gasteiger partial charge in [-0.05, 0) is 56.0 Å². The van der Waals surface area contributed by atoms with Crippen LogP contribution in [0.1, 0.15) is 46.3 Å². The van der Waals surface area contributed by atoms with Crippen LogP contribution in [0.25, 0.3) is 0 Å². The Balaban J connectivity index is 1.74. The zero-order valence-corrected chi connectivity index (χ0v) is 16.6. The minimum atomic E-state index is -3.57. The first-order valence-electron chi connectivity index (χ1n) is 9.21. The normalized spacial score (nSPS) is 15.5. The highest BCUT2D eigenvalue weighted by Gasteiger charge is 2.26. The lowest BCUT2D eigenvalue weighted by molar-refractivity contribution is 0.0471. The van der Waals surface area contributed by atoms with Gasteiger partial charge in [0.05, 0.1) is 10.5 Å². The molecule has 2 aromatic rings. The topological polar surface area (TPSA) is 63.7 Å². The predicted octanol–water partition coefficient (Wildman–Crippen LogP) is 3.84. The summed E-state index contributed by atoms with van der Waals surface area (Å²) in [6.45, 7) is 5.18. The van der Waals surface area contributed by atoms with Gasteiger partial charge < -0.3 is 4.74 Å². The number of ether oxygens (including phenoxy) is 1. The molecule has 0 spiro atoms. The molecule has 0 unspecified atom stereocenters. The number of benzene rings is 2. The van der Waals surface area contributed by atoms with E-state index in [0.29, 0.717) is 13.1 Å². The first-order valence-corrected chi connectivity index (χ1v) is 10.7. The van der Waals surface area contributed by atoms with E-state index in [2.05, 4.69) is 0 Å². The van der Waals surface area contributed by atoms with E-state index < -0.39 is 16.0 Å².